The van der Waals surface area contributed by atoms with E-state index < -0.39 is 0 Å². The lowest BCUT2D eigenvalue weighted by atomic mass is 9.82. The van der Waals surface area contributed by atoms with Crippen LogP contribution >= 0.6 is 11.6 Å². The number of nitrogens with zero attached hydrogens (tertiary/aromatic N) is 2. The maximum Gasteiger partial charge on any atom is 0.176 e. The fraction of sp³-hybridized carbons (Fsp3) is 0.391. The van der Waals surface area contributed by atoms with Crippen LogP contribution in [0.15, 0.2) is 65.2 Å². The molecule has 2 aliphatic rings. The van der Waals surface area contributed by atoms with Gasteiger partial charge < -0.3 is 4.90 Å². The normalized spacial score (nSPS) is 17.0. The van der Waals surface area contributed by atoms with Crippen molar-refractivity contribution in [2.75, 3.05) is 0 Å². The second-order valence-corrected chi connectivity index (χ2v) is 7.19. The largest absolute Gasteiger partial charge is 0.308 e. The van der Waals surface area contributed by atoms with Gasteiger partial charge in [0.2, 0.25) is 0 Å². The zero-order valence-corrected chi connectivity index (χ0v) is 17.3. The highest BCUT2D eigenvalue weighted by molar-refractivity contribution is 6.31. The number of carbonyl (C=O) groups excluding carboxylic acids is 1. The molecule has 4 heteroatoms. The molecule has 1 aromatic carbocycles. The summed E-state index contributed by atoms with van der Waals surface area (Å²) in [6.07, 6.45) is 11.1. The molecule has 0 unspecified atom stereocenters. The van der Waals surface area contributed by atoms with Crippen LogP contribution in [0, 0.1) is 5.92 Å². The van der Waals surface area contributed by atoms with Crippen LogP contribution in [0.2, 0.25) is 5.02 Å². The number of rotatable bonds is 5. The summed E-state index contributed by atoms with van der Waals surface area (Å²) in [5, 5.41) is 0.875. The Bertz CT molecular complexity index is 772. The van der Waals surface area contributed by atoms with Gasteiger partial charge in [-0.1, -0.05) is 62.7 Å². The highest BCUT2D eigenvalue weighted by Crippen LogP contribution is 2.38. The van der Waals surface area contributed by atoms with Crippen LogP contribution in [0.4, 0.5) is 0 Å². The smallest absolute Gasteiger partial charge is 0.176 e. The topological polar surface area (TPSA) is 32.7 Å². The van der Waals surface area contributed by atoms with E-state index in [0.29, 0.717) is 5.92 Å². The third kappa shape index (κ3) is 5.43. The molecule has 144 valence electrons. The molecule has 0 radical (unpaired) electrons. The number of hydrogen-bond donors (Lipinski definition) is 0. The molecule has 0 bridgehead atoms. The summed E-state index contributed by atoms with van der Waals surface area (Å²) in [6.45, 7) is 9.76. The van der Waals surface area contributed by atoms with Gasteiger partial charge in [0, 0.05) is 29.8 Å². The Balaban J connectivity index is 0.000000244. The van der Waals surface area contributed by atoms with Crippen molar-refractivity contribution < 1.29 is 4.79 Å². The van der Waals surface area contributed by atoms with Crippen LogP contribution in [-0.2, 0) is 11.2 Å². The van der Waals surface area contributed by atoms with Crippen molar-refractivity contribution >= 4 is 23.6 Å². The summed E-state index contributed by atoms with van der Waals surface area (Å²) >= 11 is 5.82. The van der Waals surface area contributed by atoms with E-state index >= 15 is 0 Å². The van der Waals surface area contributed by atoms with Crippen molar-refractivity contribution in [3.05, 3.63) is 70.8 Å². The van der Waals surface area contributed by atoms with E-state index in [-0.39, 0.29) is 5.78 Å². The molecule has 27 heavy (non-hydrogen) atoms. The van der Waals surface area contributed by atoms with E-state index in [4.69, 9.17) is 11.6 Å². The lowest BCUT2D eigenvalue weighted by molar-refractivity contribution is -0.114. The minimum absolute atomic E-state index is 0.0820. The van der Waals surface area contributed by atoms with Crippen LogP contribution in [0.25, 0.3) is 0 Å². The Labute approximate surface area is 168 Å². The van der Waals surface area contributed by atoms with Gasteiger partial charge in [0.15, 0.2) is 5.78 Å². The van der Waals surface area contributed by atoms with Crippen molar-refractivity contribution in [1.29, 1.82) is 0 Å². The molecule has 1 saturated carbocycles. The average Bonchev–Trinajstić information content (AvgIpc) is 2.60. The SMILES string of the molecule is C=C1C=NC=C(C2CCC2)N1/C(=C\CC)C(C)=O.CCc1ccccc1Cl. The predicted molar refractivity (Wildman–Crippen MR) is 115 cm³/mol. The third-order valence-corrected chi connectivity index (χ3v) is 5.21. The molecule has 0 spiro atoms. The number of ketones is 1. The van der Waals surface area contributed by atoms with Gasteiger partial charge in [-0.25, -0.2) is 0 Å². The first-order chi connectivity index (χ1) is 13.0. The van der Waals surface area contributed by atoms with Crippen LogP contribution in [0.3, 0.4) is 0 Å². The summed E-state index contributed by atoms with van der Waals surface area (Å²) in [5.41, 5.74) is 3.86. The van der Waals surface area contributed by atoms with E-state index in [1.54, 1.807) is 13.1 Å². The maximum atomic E-state index is 11.8. The average molecular weight is 385 g/mol. The van der Waals surface area contributed by atoms with Crippen LogP contribution in [-0.4, -0.2) is 16.9 Å². The molecule has 0 atom stereocenters. The minimum Gasteiger partial charge on any atom is -0.308 e. The monoisotopic (exact) mass is 384 g/mol. The van der Waals surface area contributed by atoms with Gasteiger partial charge in [0.05, 0.1) is 17.6 Å². The van der Waals surface area contributed by atoms with E-state index in [1.807, 2.05) is 48.4 Å². The summed E-state index contributed by atoms with van der Waals surface area (Å²) in [4.78, 5) is 18.0. The van der Waals surface area contributed by atoms with E-state index in [0.717, 1.165) is 35.0 Å². The van der Waals surface area contributed by atoms with E-state index in [9.17, 15) is 4.79 Å². The number of benzene rings is 1. The molecule has 0 N–H and O–H groups in total. The molecule has 0 saturated heterocycles. The highest BCUT2D eigenvalue weighted by Gasteiger charge is 2.31. The van der Waals surface area contributed by atoms with Gasteiger partial charge in [-0.15, -0.1) is 0 Å². The molecular weight excluding hydrogens is 356 g/mol. The Morgan fingerprint density at radius 1 is 1.33 bits per heavy atom. The van der Waals surface area contributed by atoms with Gasteiger partial charge >= 0.3 is 0 Å². The fourth-order valence-electron chi connectivity index (χ4n) is 3.14. The molecule has 1 aliphatic heterocycles. The lowest BCUT2D eigenvalue weighted by Gasteiger charge is -2.38. The summed E-state index contributed by atoms with van der Waals surface area (Å²) in [5.74, 6) is 0.609. The van der Waals surface area contributed by atoms with Gasteiger partial charge in [0.25, 0.3) is 0 Å². The zero-order chi connectivity index (χ0) is 19.8. The summed E-state index contributed by atoms with van der Waals surface area (Å²) in [7, 11) is 0. The third-order valence-electron chi connectivity index (χ3n) is 4.84. The first-order valence-corrected chi connectivity index (χ1v) is 10.0. The first-order valence-electron chi connectivity index (χ1n) is 9.66. The van der Waals surface area contributed by atoms with Gasteiger partial charge in [0.1, 0.15) is 0 Å². The molecule has 0 amide bonds. The van der Waals surface area contributed by atoms with E-state index in [2.05, 4.69) is 18.5 Å². The number of aryl methyl sites for hydroxylation is 1. The first kappa shape index (κ1) is 21.2. The quantitative estimate of drug-likeness (QED) is 0.557. The molecule has 3 rings (SSSR count). The molecular formula is C23H29ClN2O. The maximum absolute atomic E-state index is 11.8. The van der Waals surface area contributed by atoms with Crippen molar-refractivity contribution in [1.82, 2.24) is 4.90 Å². The number of hydrogen-bond acceptors (Lipinski definition) is 3. The zero-order valence-electron chi connectivity index (χ0n) is 16.5. The van der Waals surface area contributed by atoms with Crippen LogP contribution in [0.1, 0.15) is 52.0 Å². The number of carbonyl (C=O) groups is 1. The Morgan fingerprint density at radius 2 is 2.04 bits per heavy atom. The number of Topliss-reactive ketones (excluding diaryl/α,β-unsaturated/α-hetero) is 1. The molecule has 0 aromatic heterocycles. The molecule has 3 nitrogen and oxygen atoms in total. The van der Waals surface area contributed by atoms with Crippen molar-refractivity contribution in [3.8, 4) is 0 Å². The van der Waals surface area contributed by atoms with Crippen molar-refractivity contribution in [2.24, 2.45) is 10.9 Å². The Hall–Kier alpha value is -2.13. The molecule has 1 fully saturated rings. The van der Waals surface area contributed by atoms with Crippen LogP contribution in [0.5, 0.6) is 0 Å². The van der Waals surface area contributed by atoms with Gasteiger partial charge in [-0.05, 0) is 37.3 Å². The standard InChI is InChI=1S/C15H20N2O.C8H9Cl/c1-4-6-14(12(3)18)17-11(2)9-16-10-15(17)13-7-5-8-13;1-2-7-5-3-4-6-8(7)9/h6,9-10,13H,2,4-5,7-8H2,1,3H3;3-6H,2H2,1H3/b14-6-;. The minimum atomic E-state index is 0.0820. The Kier molecular flexibility index (Phi) is 8.05. The summed E-state index contributed by atoms with van der Waals surface area (Å²) < 4.78 is 0. The fourth-order valence-corrected chi connectivity index (χ4v) is 3.41. The molecule has 1 aromatic rings. The second kappa shape index (κ2) is 10.3. The van der Waals surface area contributed by atoms with Crippen LogP contribution < -0.4 is 0 Å². The molecule has 1 heterocycles. The number of halogens is 1. The Morgan fingerprint density at radius 3 is 2.52 bits per heavy atom. The molecule has 1 aliphatic carbocycles. The van der Waals surface area contributed by atoms with E-state index in [1.165, 1.54) is 24.8 Å². The lowest BCUT2D eigenvalue weighted by Crippen LogP contribution is -2.33. The van der Waals surface area contributed by atoms with Crippen molar-refractivity contribution in [2.45, 2.75) is 52.9 Å². The van der Waals surface area contributed by atoms with Gasteiger partial charge in [-0.3, -0.25) is 9.79 Å². The summed E-state index contributed by atoms with van der Waals surface area (Å²) in [6, 6.07) is 7.91. The highest BCUT2D eigenvalue weighted by atomic mass is 35.5. The van der Waals surface area contributed by atoms with Crippen molar-refractivity contribution in [3.63, 3.8) is 0 Å². The number of allylic oxidation sites excluding steroid dienone is 4. The predicted octanol–water partition coefficient (Wildman–Crippen LogP) is 6.31. The second-order valence-electron chi connectivity index (χ2n) is 6.79. The van der Waals surface area contributed by atoms with Gasteiger partial charge in [-0.2, -0.15) is 0 Å². The number of aliphatic imine (C=N–C) groups is 1.